The van der Waals surface area contributed by atoms with Gasteiger partial charge in [0.1, 0.15) is 0 Å². The highest BCUT2D eigenvalue weighted by Crippen LogP contribution is 2.10. The number of likely N-dealkylation sites (N-methyl/N-ethyl adjacent to an activating group) is 4. The smallest absolute Gasteiger partial charge is 0.253 e. The van der Waals surface area contributed by atoms with Crippen LogP contribution in [0.2, 0.25) is 0 Å². The summed E-state index contributed by atoms with van der Waals surface area (Å²) in [5.41, 5.74) is 1.25. The Morgan fingerprint density at radius 1 is 0.654 bits per heavy atom. The fourth-order valence-corrected chi connectivity index (χ4v) is 2.57. The highest BCUT2D eigenvalue weighted by molar-refractivity contribution is 5.97. The molecule has 0 N–H and O–H groups in total. The predicted octanol–water partition coefficient (Wildman–Crippen LogP) is 1.73. The van der Waals surface area contributed by atoms with Crippen LogP contribution < -0.4 is 0 Å². The van der Waals surface area contributed by atoms with Gasteiger partial charge in [0.05, 0.1) is 0 Å². The van der Waals surface area contributed by atoms with Crippen molar-refractivity contribution in [1.29, 1.82) is 0 Å². The zero-order chi connectivity index (χ0) is 19.7. The van der Waals surface area contributed by atoms with Gasteiger partial charge in [0.2, 0.25) is 0 Å². The number of carbonyl (C=O) groups is 2. The molecule has 146 valence electrons. The summed E-state index contributed by atoms with van der Waals surface area (Å²) in [5.74, 6) is 0.0154. The summed E-state index contributed by atoms with van der Waals surface area (Å²) in [6.07, 6.45) is 0. The largest absolute Gasteiger partial charge is 0.338 e. The zero-order valence-corrected chi connectivity index (χ0v) is 17.2. The second-order valence-corrected chi connectivity index (χ2v) is 6.95. The summed E-state index contributed by atoms with van der Waals surface area (Å²) < 4.78 is 0. The van der Waals surface area contributed by atoms with Crippen LogP contribution >= 0.6 is 0 Å². The second-order valence-electron chi connectivity index (χ2n) is 6.95. The Bertz CT molecular complexity index is 519. The number of benzene rings is 1. The molecule has 1 aromatic carbocycles. The van der Waals surface area contributed by atoms with Gasteiger partial charge in [-0.25, -0.2) is 0 Å². The van der Waals surface area contributed by atoms with Crippen molar-refractivity contribution in [2.45, 2.75) is 13.8 Å². The second kappa shape index (κ2) is 10.9. The van der Waals surface area contributed by atoms with Crippen LogP contribution in [0.3, 0.4) is 0 Å². The summed E-state index contributed by atoms with van der Waals surface area (Å²) >= 11 is 0. The minimum absolute atomic E-state index is 0.00769. The Kier molecular flexibility index (Phi) is 9.30. The van der Waals surface area contributed by atoms with Gasteiger partial charge in [-0.05, 0) is 66.3 Å². The molecule has 0 aliphatic carbocycles. The van der Waals surface area contributed by atoms with Crippen molar-refractivity contribution in [1.82, 2.24) is 19.6 Å². The molecule has 0 aliphatic rings. The third kappa shape index (κ3) is 6.77. The van der Waals surface area contributed by atoms with Crippen molar-refractivity contribution in [3.8, 4) is 0 Å². The van der Waals surface area contributed by atoms with Crippen molar-refractivity contribution >= 4 is 11.8 Å². The summed E-state index contributed by atoms with van der Waals surface area (Å²) in [6, 6.07) is 7.03. The predicted molar refractivity (Wildman–Crippen MR) is 107 cm³/mol. The molecule has 0 aromatic heterocycles. The lowest BCUT2D eigenvalue weighted by Crippen LogP contribution is -2.37. The van der Waals surface area contributed by atoms with Gasteiger partial charge in [0, 0.05) is 50.4 Å². The molecule has 6 nitrogen and oxygen atoms in total. The van der Waals surface area contributed by atoms with E-state index in [-0.39, 0.29) is 11.8 Å². The number of nitrogens with zero attached hydrogens (tertiary/aromatic N) is 4. The van der Waals surface area contributed by atoms with Crippen LogP contribution in [0.5, 0.6) is 0 Å². The molecule has 0 atom stereocenters. The molecule has 0 spiro atoms. The highest BCUT2D eigenvalue weighted by atomic mass is 16.2. The van der Waals surface area contributed by atoms with Crippen LogP contribution in [0.15, 0.2) is 24.3 Å². The fourth-order valence-electron chi connectivity index (χ4n) is 2.57. The first-order valence-electron chi connectivity index (χ1n) is 9.28. The van der Waals surface area contributed by atoms with Gasteiger partial charge in [-0.15, -0.1) is 0 Å². The Hall–Kier alpha value is -1.92. The molecular formula is C20H34N4O2. The topological polar surface area (TPSA) is 47.1 Å². The molecule has 0 bridgehead atoms. The first kappa shape index (κ1) is 22.1. The standard InChI is InChI=1S/C20H34N4O2/c1-7-23(15-13-21(3)4)19(25)17-9-11-18(12-10-17)20(26)24(8-2)16-14-22(5)6/h9-12H,7-8,13-16H2,1-6H3. The van der Waals surface area contributed by atoms with Crippen molar-refractivity contribution in [3.05, 3.63) is 35.4 Å². The van der Waals surface area contributed by atoms with Gasteiger partial charge in [-0.2, -0.15) is 0 Å². The Morgan fingerprint density at radius 2 is 0.962 bits per heavy atom. The van der Waals surface area contributed by atoms with Crippen LogP contribution in [-0.2, 0) is 0 Å². The number of carbonyl (C=O) groups excluding carboxylic acids is 2. The van der Waals surface area contributed by atoms with Crippen LogP contribution in [0.4, 0.5) is 0 Å². The van der Waals surface area contributed by atoms with Gasteiger partial charge in [-0.1, -0.05) is 0 Å². The van der Waals surface area contributed by atoms with Gasteiger partial charge in [0.25, 0.3) is 11.8 Å². The van der Waals surface area contributed by atoms with Crippen LogP contribution in [0, 0.1) is 0 Å². The van der Waals surface area contributed by atoms with Crippen molar-refractivity contribution < 1.29 is 9.59 Å². The minimum atomic E-state index is 0.00769. The lowest BCUT2D eigenvalue weighted by Gasteiger charge is -2.24. The van der Waals surface area contributed by atoms with E-state index in [0.717, 1.165) is 13.1 Å². The first-order valence-corrected chi connectivity index (χ1v) is 9.28. The molecular weight excluding hydrogens is 328 g/mol. The van der Waals surface area contributed by atoms with Crippen LogP contribution in [-0.4, -0.2) is 98.9 Å². The molecule has 1 rings (SSSR count). The molecule has 0 fully saturated rings. The Balaban J connectivity index is 2.79. The molecule has 6 heteroatoms. The van der Waals surface area contributed by atoms with Gasteiger partial charge >= 0.3 is 0 Å². The molecule has 0 unspecified atom stereocenters. The van der Waals surface area contributed by atoms with E-state index in [2.05, 4.69) is 9.80 Å². The minimum Gasteiger partial charge on any atom is -0.338 e. The third-order valence-corrected chi connectivity index (χ3v) is 4.35. The molecule has 0 aliphatic heterocycles. The summed E-state index contributed by atoms with van der Waals surface area (Å²) in [7, 11) is 7.98. The Labute approximate surface area is 158 Å². The maximum Gasteiger partial charge on any atom is 0.253 e. The highest BCUT2D eigenvalue weighted by Gasteiger charge is 2.17. The first-order chi connectivity index (χ1) is 12.3. The quantitative estimate of drug-likeness (QED) is 0.636. The summed E-state index contributed by atoms with van der Waals surface area (Å²) in [5, 5.41) is 0. The number of hydrogen-bond acceptors (Lipinski definition) is 4. The number of hydrogen-bond donors (Lipinski definition) is 0. The van der Waals surface area contributed by atoms with E-state index in [1.165, 1.54) is 0 Å². The zero-order valence-electron chi connectivity index (χ0n) is 17.2. The van der Waals surface area contributed by atoms with Gasteiger partial charge < -0.3 is 19.6 Å². The molecule has 0 saturated carbocycles. The van der Waals surface area contributed by atoms with E-state index >= 15 is 0 Å². The van der Waals surface area contributed by atoms with E-state index in [4.69, 9.17) is 0 Å². The fraction of sp³-hybridized carbons (Fsp3) is 0.600. The summed E-state index contributed by atoms with van der Waals surface area (Å²) in [6.45, 7) is 8.34. The third-order valence-electron chi connectivity index (χ3n) is 4.35. The molecule has 2 amide bonds. The molecule has 26 heavy (non-hydrogen) atoms. The van der Waals surface area contributed by atoms with E-state index in [0.29, 0.717) is 37.3 Å². The molecule has 1 aromatic rings. The van der Waals surface area contributed by atoms with E-state index in [1.54, 1.807) is 24.3 Å². The van der Waals surface area contributed by atoms with Crippen molar-refractivity contribution in [2.24, 2.45) is 0 Å². The number of amides is 2. The number of rotatable bonds is 10. The molecule has 0 saturated heterocycles. The van der Waals surface area contributed by atoms with Crippen LogP contribution in [0.1, 0.15) is 34.6 Å². The van der Waals surface area contributed by atoms with Gasteiger partial charge in [-0.3, -0.25) is 9.59 Å². The monoisotopic (exact) mass is 362 g/mol. The maximum absolute atomic E-state index is 12.6. The molecule has 0 heterocycles. The maximum atomic E-state index is 12.6. The normalized spacial score (nSPS) is 11.1. The van der Waals surface area contributed by atoms with Gasteiger partial charge in [0.15, 0.2) is 0 Å². The van der Waals surface area contributed by atoms with Crippen molar-refractivity contribution in [3.63, 3.8) is 0 Å². The average Bonchev–Trinajstić information content (AvgIpc) is 2.62. The molecule has 0 radical (unpaired) electrons. The van der Waals surface area contributed by atoms with Crippen LogP contribution in [0.25, 0.3) is 0 Å². The Morgan fingerprint density at radius 3 is 1.19 bits per heavy atom. The van der Waals surface area contributed by atoms with E-state index in [1.807, 2.05) is 51.8 Å². The lowest BCUT2D eigenvalue weighted by atomic mass is 10.1. The van der Waals surface area contributed by atoms with E-state index in [9.17, 15) is 9.59 Å². The van der Waals surface area contributed by atoms with E-state index < -0.39 is 0 Å². The summed E-state index contributed by atoms with van der Waals surface area (Å²) in [4.78, 5) is 33.1. The average molecular weight is 363 g/mol. The van der Waals surface area contributed by atoms with Crippen molar-refractivity contribution in [2.75, 3.05) is 67.5 Å². The lowest BCUT2D eigenvalue weighted by molar-refractivity contribution is 0.0742. The SMILES string of the molecule is CCN(CCN(C)C)C(=O)c1ccc(C(=O)N(CC)CCN(C)C)cc1.